The SMILES string of the molecule is CC(N)c1cc(F)ccc1OCCCNc1c(F)cnc2ccc(Cl)nc12. The van der Waals surface area contributed by atoms with Crippen molar-refractivity contribution in [2.45, 2.75) is 19.4 Å². The highest BCUT2D eigenvalue weighted by Crippen LogP contribution is 2.26. The predicted octanol–water partition coefficient (Wildman–Crippen LogP) is 4.46. The molecule has 2 aromatic heterocycles. The van der Waals surface area contributed by atoms with Crippen LogP contribution in [0.3, 0.4) is 0 Å². The van der Waals surface area contributed by atoms with E-state index in [1.165, 1.54) is 12.1 Å². The third kappa shape index (κ3) is 4.61. The van der Waals surface area contributed by atoms with Crippen molar-refractivity contribution in [2.75, 3.05) is 18.5 Å². The van der Waals surface area contributed by atoms with Gasteiger partial charge in [0.1, 0.15) is 27.9 Å². The molecule has 0 radical (unpaired) electrons. The fourth-order valence-corrected chi connectivity index (χ4v) is 2.81. The number of benzene rings is 1. The molecular weight excluding hydrogens is 374 g/mol. The number of nitrogens with one attached hydrogen (secondary N) is 1. The van der Waals surface area contributed by atoms with E-state index < -0.39 is 5.82 Å². The first-order chi connectivity index (χ1) is 13.0. The maximum atomic E-state index is 14.1. The lowest BCUT2D eigenvalue weighted by molar-refractivity contribution is 0.309. The molecule has 8 heteroatoms. The molecule has 142 valence electrons. The normalized spacial score (nSPS) is 12.2. The van der Waals surface area contributed by atoms with Gasteiger partial charge in [-0.25, -0.2) is 13.8 Å². The van der Waals surface area contributed by atoms with Gasteiger partial charge in [0.2, 0.25) is 0 Å². The van der Waals surface area contributed by atoms with Crippen LogP contribution in [0.2, 0.25) is 5.15 Å². The summed E-state index contributed by atoms with van der Waals surface area (Å²) in [4.78, 5) is 8.14. The number of fused-ring (bicyclic) bond motifs is 1. The van der Waals surface area contributed by atoms with Gasteiger partial charge in [-0.15, -0.1) is 0 Å². The monoisotopic (exact) mass is 392 g/mol. The molecule has 3 aromatic rings. The first-order valence-corrected chi connectivity index (χ1v) is 8.86. The Labute approximate surface area is 160 Å². The van der Waals surface area contributed by atoms with E-state index in [1.54, 1.807) is 25.1 Å². The van der Waals surface area contributed by atoms with Crippen molar-refractivity contribution < 1.29 is 13.5 Å². The van der Waals surface area contributed by atoms with E-state index in [-0.39, 0.29) is 22.7 Å². The highest BCUT2D eigenvalue weighted by molar-refractivity contribution is 6.29. The molecule has 27 heavy (non-hydrogen) atoms. The van der Waals surface area contributed by atoms with Crippen LogP contribution in [0.25, 0.3) is 11.0 Å². The Kier molecular flexibility index (Phi) is 6.03. The van der Waals surface area contributed by atoms with E-state index in [2.05, 4.69) is 15.3 Å². The molecule has 0 saturated heterocycles. The second-order valence-electron chi connectivity index (χ2n) is 6.08. The maximum Gasteiger partial charge on any atom is 0.166 e. The van der Waals surface area contributed by atoms with Crippen LogP contribution in [0.15, 0.2) is 36.5 Å². The number of halogens is 3. The topological polar surface area (TPSA) is 73.1 Å². The first-order valence-electron chi connectivity index (χ1n) is 8.48. The number of hydrogen-bond donors (Lipinski definition) is 2. The Morgan fingerprint density at radius 1 is 1.26 bits per heavy atom. The summed E-state index contributed by atoms with van der Waals surface area (Å²) in [5.41, 5.74) is 7.63. The highest BCUT2D eigenvalue weighted by Gasteiger charge is 2.12. The van der Waals surface area contributed by atoms with Crippen LogP contribution in [0.5, 0.6) is 5.75 Å². The fraction of sp³-hybridized carbons (Fsp3) is 0.263. The Hall–Kier alpha value is -2.51. The Morgan fingerprint density at radius 3 is 2.85 bits per heavy atom. The van der Waals surface area contributed by atoms with E-state index in [9.17, 15) is 8.78 Å². The summed E-state index contributed by atoms with van der Waals surface area (Å²) < 4.78 is 33.2. The zero-order valence-electron chi connectivity index (χ0n) is 14.7. The van der Waals surface area contributed by atoms with Crippen molar-refractivity contribution in [3.63, 3.8) is 0 Å². The Morgan fingerprint density at radius 2 is 2.07 bits per heavy atom. The lowest BCUT2D eigenvalue weighted by Crippen LogP contribution is -2.12. The molecule has 1 atom stereocenters. The van der Waals surface area contributed by atoms with Gasteiger partial charge < -0.3 is 15.8 Å². The molecule has 1 aromatic carbocycles. The molecule has 0 aliphatic heterocycles. The van der Waals surface area contributed by atoms with Crippen molar-refractivity contribution in [3.8, 4) is 5.75 Å². The summed E-state index contributed by atoms with van der Waals surface area (Å²) in [5, 5.41) is 3.28. The average molecular weight is 393 g/mol. The lowest BCUT2D eigenvalue weighted by Gasteiger charge is -2.15. The largest absolute Gasteiger partial charge is 0.493 e. The Balaban J connectivity index is 1.61. The third-order valence-corrected chi connectivity index (χ3v) is 4.19. The van der Waals surface area contributed by atoms with E-state index >= 15 is 0 Å². The molecule has 3 N–H and O–H groups in total. The fourth-order valence-electron chi connectivity index (χ4n) is 2.66. The Bertz CT molecular complexity index is 947. The van der Waals surface area contributed by atoms with Gasteiger partial charge in [0.15, 0.2) is 5.82 Å². The summed E-state index contributed by atoms with van der Waals surface area (Å²) >= 11 is 5.90. The molecule has 0 bridgehead atoms. The van der Waals surface area contributed by atoms with Crippen molar-refractivity contribution in [1.29, 1.82) is 0 Å². The average Bonchev–Trinajstić information content (AvgIpc) is 2.64. The number of aromatic nitrogens is 2. The predicted molar refractivity (Wildman–Crippen MR) is 102 cm³/mol. The van der Waals surface area contributed by atoms with Crippen LogP contribution in [0.4, 0.5) is 14.5 Å². The van der Waals surface area contributed by atoms with Gasteiger partial charge in [0.05, 0.1) is 18.3 Å². The van der Waals surface area contributed by atoms with Gasteiger partial charge in [0, 0.05) is 18.2 Å². The van der Waals surface area contributed by atoms with Crippen LogP contribution in [0.1, 0.15) is 24.9 Å². The van der Waals surface area contributed by atoms with Crippen LogP contribution in [0, 0.1) is 11.6 Å². The van der Waals surface area contributed by atoms with E-state index in [1.807, 2.05) is 0 Å². The van der Waals surface area contributed by atoms with Crippen LogP contribution in [-0.2, 0) is 0 Å². The van der Waals surface area contributed by atoms with Crippen molar-refractivity contribution in [2.24, 2.45) is 5.73 Å². The molecule has 2 heterocycles. The quantitative estimate of drug-likeness (QED) is 0.458. The summed E-state index contributed by atoms with van der Waals surface area (Å²) in [6.07, 6.45) is 1.73. The van der Waals surface area contributed by atoms with Crippen LogP contribution >= 0.6 is 11.6 Å². The molecule has 0 amide bonds. The van der Waals surface area contributed by atoms with Gasteiger partial charge in [0.25, 0.3) is 0 Å². The molecule has 0 spiro atoms. The van der Waals surface area contributed by atoms with E-state index in [4.69, 9.17) is 22.1 Å². The van der Waals surface area contributed by atoms with Gasteiger partial charge >= 0.3 is 0 Å². The molecule has 0 aliphatic rings. The molecular formula is C19H19ClF2N4O. The van der Waals surface area contributed by atoms with Crippen LogP contribution in [-0.4, -0.2) is 23.1 Å². The number of nitrogens with two attached hydrogens (primary N) is 1. The minimum atomic E-state index is -0.504. The number of hydrogen-bond acceptors (Lipinski definition) is 5. The minimum Gasteiger partial charge on any atom is -0.493 e. The van der Waals surface area contributed by atoms with E-state index in [0.717, 1.165) is 6.20 Å². The molecule has 3 rings (SSSR count). The number of rotatable bonds is 7. The molecule has 0 aliphatic carbocycles. The minimum absolute atomic E-state index is 0.251. The first kappa shape index (κ1) is 19.3. The number of ether oxygens (including phenoxy) is 1. The summed E-state index contributed by atoms with van der Waals surface area (Å²) in [6.45, 7) is 2.56. The van der Waals surface area contributed by atoms with Crippen molar-refractivity contribution in [1.82, 2.24) is 9.97 Å². The van der Waals surface area contributed by atoms with Gasteiger partial charge in [-0.1, -0.05) is 11.6 Å². The second-order valence-corrected chi connectivity index (χ2v) is 6.47. The zero-order chi connectivity index (χ0) is 19.4. The number of anilines is 1. The second kappa shape index (κ2) is 8.45. The summed E-state index contributed by atoms with van der Waals surface area (Å²) in [6, 6.07) is 7.19. The third-order valence-electron chi connectivity index (χ3n) is 3.98. The maximum absolute atomic E-state index is 14.1. The van der Waals surface area contributed by atoms with Gasteiger partial charge in [-0.05, 0) is 43.7 Å². The molecule has 0 saturated carbocycles. The van der Waals surface area contributed by atoms with Crippen molar-refractivity contribution in [3.05, 3.63) is 58.9 Å². The summed E-state index contributed by atoms with van der Waals surface area (Å²) in [5.74, 6) is -0.320. The van der Waals surface area contributed by atoms with Crippen molar-refractivity contribution >= 4 is 28.3 Å². The highest BCUT2D eigenvalue weighted by atomic mass is 35.5. The lowest BCUT2D eigenvalue weighted by atomic mass is 10.1. The smallest absolute Gasteiger partial charge is 0.166 e. The van der Waals surface area contributed by atoms with Gasteiger partial charge in [-0.3, -0.25) is 4.98 Å². The number of pyridine rings is 2. The van der Waals surface area contributed by atoms with E-state index in [0.29, 0.717) is 41.9 Å². The van der Waals surface area contributed by atoms with Crippen LogP contribution < -0.4 is 15.8 Å². The summed E-state index contributed by atoms with van der Waals surface area (Å²) in [7, 11) is 0. The van der Waals surface area contributed by atoms with Gasteiger partial charge in [-0.2, -0.15) is 0 Å². The molecule has 0 fully saturated rings. The molecule has 1 unspecified atom stereocenters. The molecule has 5 nitrogen and oxygen atoms in total. The number of nitrogens with zero attached hydrogens (tertiary/aromatic N) is 2. The standard InChI is InChI=1S/C19H19ClF2N4O/c1-11(23)13-9-12(21)3-5-16(13)27-8-2-7-24-18-14(22)10-25-15-4-6-17(20)26-19(15)18/h3-6,9-11H,2,7-8,23H2,1H3,(H,24,25). The zero-order valence-corrected chi connectivity index (χ0v) is 15.4.